The van der Waals surface area contributed by atoms with Crippen LogP contribution in [0.2, 0.25) is 5.15 Å². The number of aromatic amines is 1. The van der Waals surface area contributed by atoms with E-state index < -0.39 is 5.91 Å². The van der Waals surface area contributed by atoms with Crippen LogP contribution in [0.15, 0.2) is 24.0 Å². The van der Waals surface area contributed by atoms with Crippen LogP contribution in [0.25, 0.3) is 11.6 Å². The predicted molar refractivity (Wildman–Crippen MR) is 143 cm³/mol. The number of hydrogen-bond acceptors (Lipinski definition) is 8. The van der Waals surface area contributed by atoms with Crippen molar-refractivity contribution in [2.24, 2.45) is 0 Å². The molecule has 11 nitrogen and oxygen atoms in total. The summed E-state index contributed by atoms with van der Waals surface area (Å²) in [6.07, 6.45) is 4.80. The van der Waals surface area contributed by atoms with Crippen molar-refractivity contribution >= 4 is 52.5 Å². The first-order valence-corrected chi connectivity index (χ1v) is 12.1. The Bertz CT molecular complexity index is 1210. The second-order valence-electron chi connectivity index (χ2n) is 8.25. The Morgan fingerprint density at radius 2 is 2.06 bits per heavy atom. The van der Waals surface area contributed by atoms with Crippen molar-refractivity contribution in [2.75, 3.05) is 50.4 Å². The largest absolute Gasteiger partial charge is 0.392 e. The highest BCUT2D eigenvalue weighted by atomic mass is 35.5. The maximum absolute atomic E-state index is 13.4. The normalized spacial score (nSPS) is 14.5. The fourth-order valence-electron chi connectivity index (χ4n) is 3.79. The van der Waals surface area contributed by atoms with Gasteiger partial charge in [-0.1, -0.05) is 25.4 Å². The van der Waals surface area contributed by atoms with Gasteiger partial charge in [0.25, 0.3) is 11.8 Å². The molecule has 2 aromatic rings. The molecular formula is C24H32ClN9O2. The zero-order valence-corrected chi connectivity index (χ0v) is 21.7. The van der Waals surface area contributed by atoms with E-state index in [-0.39, 0.29) is 40.7 Å². The molecule has 1 aliphatic rings. The van der Waals surface area contributed by atoms with Crippen LogP contribution in [-0.4, -0.2) is 77.1 Å². The molecule has 3 rings (SSSR count). The molecule has 3 heterocycles. The van der Waals surface area contributed by atoms with Gasteiger partial charge in [-0.15, -0.1) is 0 Å². The van der Waals surface area contributed by atoms with Crippen molar-refractivity contribution in [1.29, 1.82) is 5.41 Å². The van der Waals surface area contributed by atoms with Crippen LogP contribution in [0, 0.1) is 5.41 Å². The standard InChI is InChI=1S/C24H32ClN9O2/c1-5-33(6-2)8-7-29-22(35)15-10-17(30-12-15)11-18-19-20(25)31-24(27)32-21(19)34(23(18)36)13-16(26)9-14(3)28-4/h9-12,26,28,30H,5-8,13H2,1-4H3,(H,29,35)(H2,27,31,32)/b14-9-,18-11-,26-16?. The SMILES string of the molecule is CCN(CC)CCNC(=O)c1c[nH]c(/C=C2\C(=O)N(CC(=N)/C=C(/C)NC)c3nc(N)nc(Cl)c32)c1. The van der Waals surface area contributed by atoms with Gasteiger partial charge in [-0.2, -0.15) is 4.98 Å². The minimum Gasteiger partial charge on any atom is -0.392 e. The molecule has 0 aliphatic carbocycles. The Balaban J connectivity index is 1.85. The third-order valence-electron chi connectivity index (χ3n) is 5.85. The molecule has 36 heavy (non-hydrogen) atoms. The van der Waals surface area contributed by atoms with Crippen molar-refractivity contribution in [1.82, 2.24) is 30.5 Å². The second-order valence-corrected chi connectivity index (χ2v) is 8.61. The van der Waals surface area contributed by atoms with E-state index in [1.165, 1.54) is 4.90 Å². The molecular weight excluding hydrogens is 482 g/mol. The van der Waals surface area contributed by atoms with E-state index >= 15 is 0 Å². The van der Waals surface area contributed by atoms with Crippen molar-refractivity contribution in [3.8, 4) is 0 Å². The summed E-state index contributed by atoms with van der Waals surface area (Å²) in [7, 11) is 1.75. The van der Waals surface area contributed by atoms with E-state index in [9.17, 15) is 9.59 Å². The number of aromatic nitrogens is 3. The Morgan fingerprint density at radius 1 is 1.33 bits per heavy atom. The zero-order valence-electron chi connectivity index (χ0n) is 20.9. The average Bonchev–Trinajstić information content (AvgIpc) is 3.41. The summed E-state index contributed by atoms with van der Waals surface area (Å²) < 4.78 is 0. The molecule has 0 spiro atoms. The van der Waals surface area contributed by atoms with Crippen LogP contribution in [0.4, 0.5) is 11.8 Å². The van der Waals surface area contributed by atoms with Crippen LogP contribution in [-0.2, 0) is 4.79 Å². The van der Waals surface area contributed by atoms with E-state index in [1.807, 2.05) is 6.92 Å². The molecule has 0 unspecified atom stereocenters. The van der Waals surface area contributed by atoms with Crippen LogP contribution in [0.5, 0.6) is 0 Å². The minimum absolute atomic E-state index is 0.0279. The summed E-state index contributed by atoms with van der Waals surface area (Å²) in [4.78, 5) is 40.7. The minimum atomic E-state index is -0.396. The lowest BCUT2D eigenvalue weighted by atomic mass is 10.1. The molecule has 0 atom stereocenters. The Hall–Kier alpha value is -3.70. The van der Waals surface area contributed by atoms with Gasteiger partial charge in [0.05, 0.1) is 29.0 Å². The van der Waals surface area contributed by atoms with Gasteiger partial charge in [0.1, 0.15) is 5.15 Å². The van der Waals surface area contributed by atoms with Gasteiger partial charge in [-0.05, 0) is 38.2 Å². The van der Waals surface area contributed by atoms with E-state index in [0.29, 0.717) is 23.4 Å². The number of H-pyrrole nitrogens is 1. The maximum atomic E-state index is 13.4. The molecule has 0 saturated heterocycles. The Kier molecular flexibility index (Phi) is 8.83. The summed E-state index contributed by atoms with van der Waals surface area (Å²) in [5.74, 6) is -0.441. The fourth-order valence-corrected chi connectivity index (χ4v) is 4.07. The van der Waals surface area contributed by atoms with Crippen molar-refractivity contribution in [3.63, 3.8) is 0 Å². The second kappa shape index (κ2) is 11.8. The molecule has 0 aromatic carbocycles. The summed E-state index contributed by atoms with van der Waals surface area (Å²) in [5.41, 5.74) is 8.31. The smallest absolute Gasteiger partial charge is 0.260 e. The molecule has 0 saturated carbocycles. The van der Waals surface area contributed by atoms with Crippen LogP contribution >= 0.6 is 11.6 Å². The molecule has 12 heteroatoms. The van der Waals surface area contributed by atoms with Gasteiger partial charge >= 0.3 is 0 Å². The lowest BCUT2D eigenvalue weighted by Gasteiger charge is -2.17. The molecule has 0 radical (unpaired) electrons. The van der Waals surface area contributed by atoms with E-state index in [0.717, 1.165) is 25.3 Å². The number of likely N-dealkylation sites (N-methyl/N-ethyl adjacent to an activating group) is 1. The highest BCUT2D eigenvalue weighted by Gasteiger charge is 2.37. The van der Waals surface area contributed by atoms with E-state index in [2.05, 4.69) is 44.3 Å². The third kappa shape index (κ3) is 6.10. The van der Waals surface area contributed by atoms with Gasteiger partial charge in [-0.3, -0.25) is 14.5 Å². The number of nitrogens with two attached hydrogens (primary N) is 1. The lowest BCUT2D eigenvalue weighted by molar-refractivity contribution is -0.112. The number of rotatable bonds is 11. The first kappa shape index (κ1) is 26.9. The predicted octanol–water partition coefficient (Wildman–Crippen LogP) is 2.14. The monoisotopic (exact) mass is 513 g/mol. The molecule has 0 bridgehead atoms. The van der Waals surface area contributed by atoms with E-state index in [1.54, 1.807) is 31.5 Å². The third-order valence-corrected chi connectivity index (χ3v) is 6.13. The Morgan fingerprint density at radius 3 is 2.72 bits per heavy atom. The van der Waals surface area contributed by atoms with Crippen LogP contribution in [0.3, 0.4) is 0 Å². The fraction of sp³-hybridized carbons (Fsp3) is 0.375. The first-order valence-electron chi connectivity index (χ1n) is 11.7. The van der Waals surface area contributed by atoms with Crippen molar-refractivity contribution in [3.05, 3.63) is 46.0 Å². The highest BCUT2D eigenvalue weighted by molar-refractivity contribution is 6.41. The van der Waals surface area contributed by atoms with Gasteiger partial charge in [0.15, 0.2) is 5.82 Å². The van der Waals surface area contributed by atoms with Gasteiger partial charge in [-0.25, -0.2) is 4.98 Å². The summed E-state index contributed by atoms with van der Waals surface area (Å²) in [6, 6.07) is 1.66. The number of amides is 2. The van der Waals surface area contributed by atoms with Crippen molar-refractivity contribution in [2.45, 2.75) is 20.8 Å². The topological polar surface area (TPSA) is 156 Å². The number of allylic oxidation sites excluding steroid dienone is 1. The number of hydrogen-bond donors (Lipinski definition) is 5. The number of anilines is 2. The van der Waals surface area contributed by atoms with Gasteiger partial charge in [0, 0.05) is 37.7 Å². The molecule has 2 amide bonds. The number of carbonyl (C=O) groups is 2. The summed E-state index contributed by atoms with van der Waals surface area (Å²) in [6.45, 7) is 9.09. The van der Waals surface area contributed by atoms with Gasteiger partial charge < -0.3 is 31.7 Å². The van der Waals surface area contributed by atoms with E-state index in [4.69, 9.17) is 22.7 Å². The number of nitrogen functional groups attached to an aromatic ring is 1. The molecule has 192 valence electrons. The van der Waals surface area contributed by atoms with Crippen LogP contribution in [0.1, 0.15) is 42.4 Å². The number of carbonyl (C=O) groups excluding carboxylic acids is 2. The lowest BCUT2D eigenvalue weighted by Crippen LogP contribution is -2.34. The first-order chi connectivity index (χ1) is 17.2. The number of nitrogens with one attached hydrogen (secondary N) is 4. The average molecular weight is 514 g/mol. The molecule has 1 aliphatic heterocycles. The number of halogens is 1. The molecule has 6 N–H and O–H groups in total. The van der Waals surface area contributed by atoms with Crippen LogP contribution < -0.4 is 21.3 Å². The van der Waals surface area contributed by atoms with Gasteiger partial charge in [0.2, 0.25) is 5.95 Å². The number of fused-ring (bicyclic) bond motifs is 1. The summed E-state index contributed by atoms with van der Waals surface area (Å²) in [5, 5.41) is 14.2. The summed E-state index contributed by atoms with van der Waals surface area (Å²) >= 11 is 6.37. The highest BCUT2D eigenvalue weighted by Crippen LogP contribution is 2.40. The zero-order chi connectivity index (χ0) is 26.4. The quantitative estimate of drug-likeness (QED) is 0.175. The molecule has 2 aromatic heterocycles. The Labute approximate surface area is 215 Å². The van der Waals surface area contributed by atoms with Crippen molar-refractivity contribution < 1.29 is 9.59 Å². The molecule has 0 fully saturated rings. The number of nitrogens with zero attached hydrogens (tertiary/aromatic N) is 4. The maximum Gasteiger partial charge on any atom is 0.260 e.